The number of nitrogens with two attached hydrogens (primary N) is 1. The fourth-order valence-electron chi connectivity index (χ4n) is 1.72. The van der Waals surface area contributed by atoms with Crippen molar-refractivity contribution in [3.05, 3.63) is 18.2 Å². The van der Waals surface area contributed by atoms with Gasteiger partial charge in [-0.15, -0.1) is 0 Å². The van der Waals surface area contributed by atoms with E-state index in [1.807, 2.05) is 13.8 Å². The molecule has 0 aliphatic rings. The van der Waals surface area contributed by atoms with Gasteiger partial charge in [0.25, 0.3) is 0 Å². The number of nitrogens with one attached hydrogen (secondary N) is 1. The number of aliphatic hydroxyl groups is 1. The van der Waals surface area contributed by atoms with Gasteiger partial charge in [-0.1, -0.05) is 13.8 Å². The van der Waals surface area contributed by atoms with Crippen LogP contribution >= 0.6 is 0 Å². The van der Waals surface area contributed by atoms with Crippen LogP contribution in [0.1, 0.15) is 26.7 Å². The van der Waals surface area contributed by atoms with Crippen LogP contribution in [-0.2, 0) is 10.0 Å². The molecule has 0 spiro atoms. The van der Waals surface area contributed by atoms with Crippen LogP contribution in [0.25, 0.3) is 0 Å². The third-order valence-electron chi connectivity index (χ3n) is 3.06. The molecule has 20 heavy (non-hydrogen) atoms. The number of aromatic hydroxyl groups is 1. The smallest absolute Gasteiger partial charge is 0.240 e. The molecule has 0 atom stereocenters. The van der Waals surface area contributed by atoms with Crippen molar-refractivity contribution in [1.29, 1.82) is 0 Å². The number of hydrogen-bond donors (Lipinski definition) is 4. The van der Waals surface area contributed by atoms with Crippen molar-refractivity contribution in [2.75, 3.05) is 18.9 Å². The predicted molar refractivity (Wildman–Crippen MR) is 77.8 cm³/mol. The fraction of sp³-hybridized carbons (Fsp3) is 0.538. The standard InChI is InChI=1S/C13H22N2O4S/c1-13(2,6-3-7-16)9-15-20(18,19)10-4-5-12(17)11(14)8-10/h4-5,8,15-17H,3,6-7,9,14H2,1-2H3. The summed E-state index contributed by atoms with van der Waals surface area (Å²) in [6.07, 6.45) is 1.34. The number of phenolic OH excluding ortho intramolecular Hbond substituents is 1. The molecular formula is C13H22N2O4S. The van der Waals surface area contributed by atoms with Gasteiger partial charge in [0, 0.05) is 13.2 Å². The molecule has 1 rings (SSSR count). The number of nitrogen functional groups attached to an aromatic ring is 1. The SMILES string of the molecule is CC(C)(CCCO)CNS(=O)(=O)c1ccc(O)c(N)c1. The van der Waals surface area contributed by atoms with Gasteiger partial charge >= 0.3 is 0 Å². The molecule has 7 heteroatoms. The molecule has 0 bridgehead atoms. The van der Waals surface area contributed by atoms with Crippen molar-refractivity contribution in [3.63, 3.8) is 0 Å². The molecular weight excluding hydrogens is 280 g/mol. The average molecular weight is 302 g/mol. The van der Waals surface area contributed by atoms with Crippen LogP contribution in [0.15, 0.2) is 23.1 Å². The molecule has 0 aromatic heterocycles. The normalized spacial score (nSPS) is 12.6. The number of benzene rings is 1. The second-order valence-electron chi connectivity index (χ2n) is 5.54. The van der Waals surface area contributed by atoms with Crippen molar-refractivity contribution >= 4 is 15.7 Å². The Bertz CT molecular complexity index is 555. The summed E-state index contributed by atoms with van der Waals surface area (Å²) >= 11 is 0. The number of hydrogen-bond acceptors (Lipinski definition) is 5. The summed E-state index contributed by atoms with van der Waals surface area (Å²) in [5, 5.41) is 18.1. The molecule has 6 nitrogen and oxygen atoms in total. The number of aliphatic hydroxyl groups excluding tert-OH is 1. The molecule has 0 saturated carbocycles. The summed E-state index contributed by atoms with van der Waals surface area (Å²) in [5.41, 5.74) is 5.26. The number of anilines is 1. The maximum Gasteiger partial charge on any atom is 0.240 e. The Kier molecular flexibility index (Phi) is 5.38. The number of phenols is 1. The van der Waals surface area contributed by atoms with Gasteiger partial charge in [0.1, 0.15) is 5.75 Å². The molecule has 0 amide bonds. The van der Waals surface area contributed by atoms with Gasteiger partial charge in [0.05, 0.1) is 10.6 Å². The molecule has 0 radical (unpaired) electrons. The van der Waals surface area contributed by atoms with Crippen LogP contribution in [-0.4, -0.2) is 31.8 Å². The minimum absolute atomic E-state index is 0.0192. The van der Waals surface area contributed by atoms with E-state index in [0.29, 0.717) is 12.8 Å². The minimum atomic E-state index is -3.66. The van der Waals surface area contributed by atoms with Gasteiger partial charge in [-0.25, -0.2) is 13.1 Å². The Morgan fingerprint density at radius 1 is 1.35 bits per heavy atom. The van der Waals surface area contributed by atoms with Crippen LogP contribution < -0.4 is 10.5 Å². The van der Waals surface area contributed by atoms with Gasteiger partial charge in [0.2, 0.25) is 10.0 Å². The largest absolute Gasteiger partial charge is 0.506 e. The van der Waals surface area contributed by atoms with Crippen LogP contribution in [0.4, 0.5) is 5.69 Å². The lowest BCUT2D eigenvalue weighted by Crippen LogP contribution is -2.34. The van der Waals surface area contributed by atoms with Crippen LogP contribution in [0.2, 0.25) is 0 Å². The highest BCUT2D eigenvalue weighted by molar-refractivity contribution is 7.89. The summed E-state index contributed by atoms with van der Waals surface area (Å²) in [5.74, 6) is -0.146. The summed E-state index contributed by atoms with van der Waals surface area (Å²) in [6.45, 7) is 4.20. The fourth-order valence-corrected chi connectivity index (χ4v) is 3.00. The summed E-state index contributed by atoms with van der Waals surface area (Å²) in [4.78, 5) is 0.0192. The van der Waals surface area contributed by atoms with Gasteiger partial charge in [0.15, 0.2) is 0 Å². The highest BCUT2D eigenvalue weighted by Crippen LogP contribution is 2.25. The molecule has 0 heterocycles. The zero-order valence-electron chi connectivity index (χ0n) is 11.8. The third kappa shape index (κ3) is 4.66. The maximum atomic E-state index is 12.1. The van der Waals surface area contributed by atoms with E-state index in [1.165, 1.54) is 18.2 Å². The summed E-state index contributed by atoms with van der Waals surface area (Å²) in [6, 6.07) is 3.77. The molecule has 5 N–H and O–H groups in total. The van der Waals surface area contributed by atoms with Crippen molar-refractivity contribution in [3.8, 4) is 5.75 Å². The van der Waals surface area contributed by atoms with E-state index >= 15 is 0 Å². The summed E-state index contributed by atoms with van der Waals surface area (Å²) in [7, 11) is -3.66. The highest BCUT2D eigenvalue weighted by atomic mass is 32.2. The predicted octanol–water partition coefficient (Wildman–Crippen LogP) is 1.05. The Morgan fingerprint density at radius 2 is 2.00 bits per heavy atom. The first-order valence-electron chi connectivity index (χ1n) is 6.37. The van der Waals surface area contributed by atoms with Crippen molar-refractivity contribution < 1.29 is 18.6 Å². The van der Waals surface area contributed by atoms with E-state index in [4.69, 9.17) is 10.8 Å². The zero-order valence-corrected chi connectivity index (χ0v) is 12.6. The second-order valence-corrected chi connectivity index (χ2v) is 7.30. The first kappa shape index (κ1) is 16.7. The van der Waals surface area contributed by atoms with Crippen molar-refractivity contribution in [1.82, 2.24) is 4.72 Å². The number of sulfonamides is 1. The lowest BCUT2D eigenvalue weighted by Gasteiger charge is -2.24. The van der Waals surface area contributed by atoms with Crippen LogP contribution in [0, 0.1) is 5.41 Å². The van der Waals surface area contributed by atoms with Gasteiger partial charge in [-0.3, -0.25) is 0 Å². The van der Waals surface area contributed by atoms with Gasteiger partial charge < -0.3 is 15.9 Å². The Morgan fingerprint density at radius 3 is 2.55 bits per heavy atom. The highest BCUT2D eigenvalue weighted by Gasteiger charge is 2.22. The molecule has 1 aromatic rings. The molecule has 0 unspecified atom stereocenters. The van der Waals surface area contributed by atoms with E-state index in [0.717, 1.165) is 0 Å². The van der Waals surface area contributed by atoms with E-state index < -0.39 is 10.0 Å². The molecule has 0 aliphatic carbocycles. The molecule has 114 valence electrons. The molecule has 0 aliphatic heterocycles. The first-order chi connectivity index (χ1) is 9.18. The molecule has 0 saturated heterocycles. The Hall–Kier alpha value is -1.31. The van der Waals surface area contributed by atoms with Crippen molar-refractivity contribution in [2.24, 2.45) is 5.41 Å². The third-order valence-corrected chi connectivity index (χ3v) is 4.46. The zero-order chi connectivity index (χ0) is 15.4. The molecule has 0 fully saturated rings. The van der Waals surface area contributed by atoms with Gasteiger partial charge in [-0.2, -0.15) is 0 Å². The van der Waals surface area contributed by atoms with E-state index in [9.17, 15) is 13.5 Å². The average Bonchev–Trinajstić information content (AvgIpc) is 2.37. The Balaban J connectivity index is 2.77. The molecule has 1 aromatic carbocycles. The summed E-state index contributed by atoms with van der Waals surface area (Å²) < 4.78 is 26.8. The Labute approximate surface area is 119 Å². The van der Waals surface area contributed by atoms with E-state index in [-0.39, 0.29) is 34.9 Å². The maximum absolute atomic E-state index is 12.1. The monoisotopic (exact) mass is 302 g/mol. The second kappa shape index (κ2) is 6.43. The van der Waals surface area contributed by atoms with Gasteiger partial charge in [-0.05, 0) is 36.5 Å². The quantitative estimate of drug-likeness (QED) is 0.444. The van der Waals surface area contributed by atoms with Crippen LogP contribution in [0.5, 0.6) is 5.75 Å². The lowest BCUT2D eigenvalue weighted by atomic mass is 9.88. The number of rotatable bonds is 7. The van der Waals surface area contributed by atoms with E-state index in [1.54, 1.807) is 0 Å². The van der Waals surface area contributed by atoms with Crippen molar-refractivity contribution in [2.45, 2.75) is 31.6 Å². The first-order valence-corrected chi connectivity index (χ1v) is 7.85. The lowest BCUT2D eigenvalue weighted by molar-refractivity contribution is 0.242. The van der Waals surface area contributed by atoms with E-state index in [2.05, 4.69) is 4.72 Å². The minimum Gasteiger partial charge on any atom is -0.506 e. The van der Waals surface area contributed by atoms with Crippen LogP contribution in [0.3, 0.4) is 0 Å². The topological polar surface area (TPSA) is 113 Å².